The molecule has 0 fully saturated rings. The van der Waals surface area contributed by atoms with Gasteiger partial charge in [-0.1, -0.05) is 0 Å². The zero-order valence-corrected chi connectivity index (χ0v) is 8.24. The van der Waals surface area contributed by atoms with Crippen molar-refractivity contribution >= 4 is 22.9 Å². The van der Waals surface area contributed by atoms with Crippen molar-refractivity contribution in [3.63, 3.8) is 0 Å². The summed E-state index contributed by atoms with van der Waals surface area (Å²) >= 11 is 0. The second-order valence-corrected chi connectivity index (χ2v) is 1.86. The average Bonchev–Trinajstić information content (AvgIpc) is 1.82. The summed E-state index contributed by atoms with van der Waals surface area (Å²) in [4.78, 5) is 19.7. The molecule has 0 aliphatic carbocycles. The average molecular weight is 201 g/mol. The molecule has 0 saturated carbocycles. The molecular formula is C5H12NNaO4Si. The second-order valence-electron chi connectivity index (χ2n) is 1.86. The number of hydrogen-bond donors (Lipinski definition) is 2. The van der Waals surface area contributed by atoms with Crippen LogP contribution < -0.4 is 40.4 Å². The van der Waals surface area contributed by atoms with Crippen LogP contribution in [0, 0.1) is 0 Å². The van der Waals surface area contributed by atoms with Crippen molar-refractivity contribution in [2.24, 2.45) is 5.73 Å². The van der Waals surface area contributed by atoms with E-state index in [9.17, 15) is 14.7 Å². The van der Waals surface area contributed by atoms with Crippen LogP contribution in [0.5, 0.6) is 0 Å². The molecule has 0 amide bonds. The van der Waals surface area contributed by atoms with Crippen molar-refractivity contribution in [3.8, 4) is 0 Å². The van der Waals surface area contributed by atoms with E-state index in [0.29, 0.717) is 0 Å². The van der Waals surface area contributed by atoms with Crippen LogP contribution in [-0.4, -0.2) is 34.1 Å². The van der Waals surface area contributed by atoms with E-state index in [1.165, 1.54) is 0 Å². The third kappa shape index (κ3) is 10.1. The van der Waals surface area contributed by atoms with Crippen LogP contribution in [-0.2, 0) is 9.59 Å². The van der Waals surface area contributed by atoms with Crippen LogP contribution >= 0.6 is 0 Å². The Bertz CT molecular complexity index is 154. The van der Waals surface area contributed by atoms with Gasteiger partial charge in [0, 0.05) is 12.5 Å². The second kappa shape index (κ2) is 9.21. The summed E-state index contributed by atoms with van der Waals surface area (Å²) in [7, 11) is 0. The van der Waals surface area contributed by atoms with Gasteiger partial charge in [-0.15, -0.1) is 0 Å². The zero-order valence-electron chi connectivity index (χ0n) is 6.24. The number of carbonyl (C=O) groups excluding carboxylic acids is 1. The van der Waals surface area contributed by atoms with Gasteiger partial charge in [0.1, 0.15) is 0 Å². The number of aliphatic carboxylic acids is 2. The van der Waals surface area contributed by atoms with Crippen LogP contribution in [0.25, 0.3) is 0 Å². The maximum atomic E-state index is 9.88. The fourth-order valence-electron chi connectivity index (χ4n) is 0.397. The summed E-state index contributed by atoms with van der Waals surface area (Å²) in [5.41, 5.74) is 4.94. The molecule has 66 valence electrons. The molecule has 5 nitrogen and oxygen atoms in total. The van der Waals surface area contributed by atoms with Gasteiger partial charge in [-0.3, -0.25) is 4.79 Å². The molecule has 12 heavy (non-hydrogen) atoms. The predicted octanol–water partition coefficient (Wildman–Crippen LogP) is -6.52. The summed E-state index contributed by atoms with van der Waals surface area (Å²) in [6, 6.07) is -1.17. The summed E-state index contributed by atoms with van der Waals surface area (Å²) in [5, 5.41) is 18.0. The SMILES string of the molecule is N[C@@H](CCC(=O)O)C(=O)[O-].[Na+].[SiH4]. The standard InChI is InChI=1S/C5H9NO4.Na.H4Si/c6-3(5(9)10)1-2-4(7)8;;/h3H,1-2,6H2,(H,7,8)(H,9,10);;1H4/q;+1;/p-1/t3-;;/m0../s1. The van der Waals surface area contributed by atoms with Gasteiger partial charge in [0.25, 0.3) is 0 Å². The molecule has 0 bridgehead atoms. The van der Waals surface area contributed by atoms with Gasteiger partial charge in [0.15, 0.2) is 0 Å². The fourth-order valence-corrected chi connectivity index (χ4v) is 0.397. The van der Waals surface area contributed by atoms with Gasteiger partial charge < -0.3 is 20.7 Å². The van der Waals surface area contributed by atoms with Crippen LogP contribution in [0.1, 0.15) is 12.8 Å². The molecule has 3 N–H and O–H groups in total. The Kier molecular flexibility index (Phi) is 13.8. The first-order valence-corrected chi connectivity index (χ1v) is 2.72. The van der Waals surface area contributed by atoms with Gasteiger partial charge in [-0.2, -0.15) is 0 Å². The summed E-state index contributed by atoms with van der Waals surface area (Å²) in [6.07, 6.45) is -0.327. The van der Waals surface area contributed by atoms with Crippen molar-refractivity contribution in [2.75, 3.05) is 0 Å². The van der Waals surface area contributed by atoms with Crippen LogP contribution in [0.4, 0.5) is 0 Å². The minimum atomic E-state index is -1.42. The molecule has 0 heterocycles. The smallest absolute Gasteiger partial charge is 0.548 e. The first-order chi connectivity index (χ1) is 4.54. The van der Waals surface area contributed by atoms with E-state index in [4.69, 9.17) is 10.8 Å². The predicted molar refractivity (Wildman–Crippen MR) is 41.2 cm³/mol. The monoisotopic (exact) mass is 201 g/mol. The van der Waals surface area contributed by atoms with Crippen molar-refractivity contribution in [1.82, 2.24) is 0 Å². The largest absolute Gasteiger partial charge is 1.00 e. The van der Waals surface area contributed by atoms with Crippen LogP contribution in [0.2, 0.25) is 0 Å². The molecule has 0 aromatic carbocycles. The Morgan fingerprint density at radius 3 is 2.17 bits per heavy atom. The van der Waals surface area contributed by atoms with Gasteiger partial charge in [-0.05, 0) is 17.4 Å². The van der Waals surface area contributed by atoms with Gasteiger partial charge in [0.2, 0.25) is 0 Å². The number of nitrogens with two attached hydrogens (primary N) is 1. The zero-order chi connectivity index (χ0) is 8.15. The summed E-state index contributed by atoms with van der Waals surface area (Å²) < 4.78 is 0. The quantitative estimate of drug-likeness (QED) is 0.440. The number of carbonyl (C=O) groups is 2. The molecule has 0 unspecified atom stereocenters. The van der Waals surface area contributed by atoms with Crippen molar-refractivity contribution in [3.05, 3.63) is 0 Å². The molecule has 0 aromatic heterocycles. The van der Waals surface area contributed by atoms with E-state index in [1.807, 2.05) is 0 Å². The molecule has 0 aliphatic heterocycles. The molecular weight excluding hydrogens is 189 g/mol. The third-order valence-corrected chi connectivity index (χ3v) is 0.972. The Balaban J connectivity index is -0.000000405. The Labute approximate surface area is 96.6 Å². The van der Waals surface area contributed by atoms with E-state index in [2.05, 4.69) is 0 Å². The Hall–Kier alpha value is 0.117. The maximum absolute atomic E-state index is 9.88. The minimum Gasteiger partial charge on any atom is -0.548 e. The van der Waals surface area contributed by atoms with Gasteiger partial charge in [0.05, 0.1) is 5.97 Å². The fraction of sp³-hybridized carbons (Fsp3) is 0.600. The van der Waals surface area contributed by atoms with Crippen LogP contribution in [0.15, 0.2) is 0 Å². The molecule has 0 radical (unpaired) electrons. The first-order valence-electron chi connectivity index (χ1n) is 2.72. The van der Waals surface area contributed by atoms with E-state index < -0.39 is 18.0 Å². The van der Waals surface area contributed by atoms with Gasteiger partial charge >= 0.3 is 35.5 Å². The normalized spacial score (nSPS) is 10.4. The van der Waals surface area contributed by atoms with E-state index in [1.54, 1.807) is 0 Å². The molecule has 0 aromatic rings. The van der Waals surface area contributed by atoms with Crippen molar-refractivity contribution in [2.45, 2.75) is 18.9 Å². The molecule has 1 atom stereocenters. The van der Waals surface area contributed by atoms with Crippen molar-refractivity contribution in [1.29, 1.82) is 0 Å². The summed E-state index contributed by atoms with van der Waals surface area (Å²) in [5.74, 6) is -2.47. The number of carboxylic acids is 2. The first kappa shape index (κ1) is 18.0. The summed E-state index contributed by atoms with van der Waals surface area (Å²) in [6.45, 7) is 0. The molecule has 0 rings (SSSR count). The van der Waals surface area contributed by atoms with Crippen molar-refractivity contribution < 1.29 is 49.4 Å². The molecule has 0 spiro atoms. The number of rotatable bonds is 4. The van der Waals surface area contributed by atoms with E-state index >= 15 is 0 Å². The van der Waals surface area contributed by atoms with E-state index in [-0.39, 0.29) is 53.4 Å². The third-order valence-electron chi connectivity index (χ3n) is 0.972. The Morgan fingerprint density at radius 1 is 1.50 bits per heavy atom. The molecule has 7 heteroatoms. The number of hydrogen-bond acceptors (Lipinski definition) is 4. The minimum absolute atomic E-state index is 0. The van der Waals surface area contributed by atoms with E-state index in [0.717, 1.165) is 0 Å². The molecule has 0 aliphatic rings. The Morgan fingerprint density at radius 2 is 1.92 bits per heavy atom. The van der Waals surface area contributed by atoms with Crippen LogP contribution in [0.3, 0.4) is 0 Å². The maximum Gasteiger partial charge on any atom is 1.00 e. The van der Waals surface area contributed by atoms with Gasteiger partial charge in [-0.25, -0.2) is 0 Å². The number of carboxylic acid groups (broad SMARTS) is 2. The molecule has 0 saturated heterocycles. The topological polar surface area (TPSA) is 103 Å².